The molecule has 0 radical (unpaired) electrons. The Bertz CT molecular complexity index is 588. The number of carbonyl (C=O) groups is 2. The second kappa shape index (κ2) is 5.61. The minimum absolute atomic E-state index is 0.00249. The van der Waals surface area contributed by atoms with Crippen LogP contribution in [0.5, 0.6) is 0 Å². The van der Waals surface area contributed by atoms with Crippen LogP contribution in [0.1, 0.15) is 65.7 Å². The third-order valence-electron chi connectivity index (χ3n) is 6.79. The zero-order valence-electron chi connectivity index (χ0n) is 14.6. The number of allylic oxidation sites excluding steroid dienone is 2. The first-order chi connectivity index (χ1) is 10.8. The molecule has 0 spiro atoms. The van der Waals surface area contributed by atoms with E-state index in [1.807, 2.05) is 6.08 Å². The van der Waals surface area contributed by atoms with Crippen LogP contribution in [0.3, 0.4) is 0 Å². The van der Waals surface area contributed by atoms with Crippen LogP contribution in [0.2, 0.25) is 0 Å². The van der Waals surface area contributed by atoms with Gasteiger partial charge < -0.3 is 4.74 Å². The lowest BCUT2D eigenvalue weighted by Gasteiger charge is -2.46. The van der Waals surface area contributed by atoms with Crippen LogP contribution in [-0.4, -0.2) is 17.4 Å². The van der Waals surface area contributed by atoms with Crippen molar-refractivity contribution in [2.24, 2.45) is 17.3 Å². The van der Waals surface area contributed by atoms with Crippen LogP contribution in [0.4, 0.5) is 0 Å². The number of rotatable bonds is 0. The first kappa shape index (κ1) is 16.5. The Morgan fingerprint density at radius 3 is 2.70 bits per heavy atom. The molecule has 0 aromatic heterocycles. The van der Waals surface area contributed by atoms with Crippen molar-refractivity contribution in [1.82, 2.24) is 0 Å². The number of ether oxygens (including phenoxy) is 1. The summed E-state index contributed by atoms with van der Waals surface area (Å²) in [4.78, 5) is 25.4. The van der Waals surface area contributed by atoms with Crippen LogP contribution < -0.4 is 0 Å². The van der Waals surface area contributed by atoms with Crippen molar-refractivity contribution in [2.45, 2.75) is 71.3 Å². The topological polar surface area (TPSA) is 43.4 Å². The van der Waals surface area contributed by atoms with Crippen LogP contribution in [0.15, 0.2) is 23.8 Å². The minimum atomic E-state index is -0.973. The van der Waals surface area contributed by atoms with Gasteiger partial charge in [-0.2, -0.15) is 0 Å². The number of hydrogen-bond donors (Lipinski definition) is 0. The Hall–Kier alpha value is -1.38. The Labute approximate surface area is 139 Å². The van der Waals surface area contributed by atoms with Gasteiger partial charge in [0.15, 0.2) is 11.4 Å². The lowest BCUT2D eigenvalue weighted by molar-refractivity contribution is -0.162. The van der Waals surface area contributed by atoms with Gasteiger partial charge in [-0.05, 0) is 62.7 Å². The van der Waals surface area contributed by atoms with Gasteiger partial charge in [-0.3, -0.25) is 4.79 Å². The van der Waals surface area contributed by atoms with Crippen molar-refractivity contribution in [1.29, 1.82) is 0 Å². The summed E-state index contributed by atoms with van der Waals surface area (Å²) >= 11 is 0. The highest BCUT2D eigenvalue weighted by Crippen LogP contribution is 2.52. The maximum Gasteiger partial charge on any atom is 0.334 e. The van der Waals surface area contributed by atoms with Crippen molar-refractivity contribution in [3.05, 3.63) is 23.8 Å². The summed E-state index contributed by atoms with van der Waals surface area (Å²) in [5.74, 6) is 0.530. The third-order valence-corrected chi connectivity index (χ3v) is 6.79. The van der Waals surface area contributed by atoms with Gasteiger partial charge in [0.2, 0.25) is 0 Å². The fourth-order valence-electron chi connectivity index (χ4n) is 4.52. The van der Waals surface area contributed by atoms with Crippen LogP contribution in [-0.2, 0) is 14.3 Å². The summed E-state index contributed by atoms with van der Waals surface area (Å²) in [6.45, 7) is 10.7. The molecule has 2 fully saturated rings. The van der Waals surface area contributed by atoms with Crippen molar-refractivity contribution in [2.75, 3.05) is 0 Å². The molecule has 0 unspecified atom stereocenters. The van der Waals surface area contributed by atoms with Crippen LogP contribution in [0, 0.1) is 17.3 Å². The predicted molar refractivity (Wildman–Crippen MR) is 89.8 cm³/mol. The molecule has 3 heteroatoms. The van der Waals surface area contributed by atoms with Crippen molar-refractivity contribution >= 4 is 11.8 Å². The molecule has 2 aliphatic heterocycles. The molecule has 2 heterocycles. The molecular weight excluding hydrogens is 288 g/mol. The number of fused-ring (bicyclic) bond motifs is 5. The fraction of sp³-hybridized carbons (Fsp3) is 0.700. The predicted octanol–water partition coefficient (Wildman–Crippen LogP) is 4.37. The quantitative estimate of drug-likeness (QED) is 0.492. The van der Waals surface area contributed by atoms with E-state index in [0.29, 0.717) is 18.8 Å². The van der Waals surface area contributed by atoms with E-state index in [1.165, 1.54) is 5.57 Å². The molecule has 3 nitrogen and oxygen atoms in total. The average Bonchev–Trinajstić information content (AvgIpc) is 2.64. The van der Waals surface area contributed by atoms with Crippen LogP contribution in [0.25, 0.3) is 0 Å². The van der Waals surface area contributed by atoms with E-state index in [2.05, 4.69) is 20.4 Å². The maximum atomic E-state index is 12.9. The highest BCUT2D eigenvalue weighted by atomic mass is 16.6. The smallest absolute Gasteiger partial charge is 0.334 e. The monoisotopic (exact) mass is 316 g/mol. The number of hydrogen-bond acceptors (Lipinski definition) is 3. The molecule has 1 saturated carbocycles. The standard InChI is InChI=1S/C20H28O3/c1-13-7-8-16-12-17(21)20(4)10-5-6-15(18(22)23-20)9-11-19(13,3)14(16)2/h6,13,16H,2,5,7-12H2,1,3-4H3/t13-,16+,19+,20+/m0/s1. The molecule has 1 saturated heterocycles. The van der Waals surface area contributed by atoms with Gasteiger partial charge in [-0.25, -0.2) is 4.79 Å². The Morgan fingerprint density at radius 1 is 1.22 bits per heavy atom. The molecule has 1 aliphatic carbocycles. The van der Waals surface area contributed by atoms with Gasteiger partial charge in [-0.1, -0.05) is 32.1 Å². The second-order valence-corrected chi connectivity index (χ2v) is 8.13. The molecule has 4 bridgehead atoms. The SMILES string of the molecule is C=C1[C@@H]2CC[C@H](C)[C@@]1(C)CCC1=CCC[C@@](C)(OC1=O)C(=O)C2. The summed E-state index contributed by atoms with van der Waals surface area (Å²) in [7, 11) is 0. The molecule has 3 rings (SSSR count). The van der Waals surface area contributed by atoms with Crippen molar-refractivity contribution in [3.63, 3.8) is 0 Å². The summed E-state index contributed by atoms with van der Waals surface area (Å²) in [5, 5.41) is 0. The molecule has 126 valence electrons. The van der Waals surface area contributed by atoms with Gasteiger partial charge in [-0.15, -0.1) is 0 Å². The third kappa shape index (κ3) is 2.68. The Morgan fingerprint density at radius 2 is 1.96 bits per heavy atom. The van der Waals surface area contributed by atoms with E-state index >= 15 is 0 Å². The molecule has 23 heavy (non-hydrogen) atoms. The first-order valence-corrected chi connectivity index (χ1v) is 8.91. The van der Waals surface area contributed by atoms with Crippen molar-refractivity contribution in [3.8, 4) is 0 Å². The Kier molecular flexibility index (Phi) is 4.02. The largest absolute Gasteiger partial charge is 0.448 e. The van der Waals surface area contributed by atoms with E-state index in [9.17, 15) is 9.59 Å². The van der Waals surface area contributed by atoms with Gasteiger partial charge in [0, 0.05) is 12.0 Å². The normalized spacial score (nSPS) is 41.7. The molecule has 4 atom stereocenters. The second-order valence-electron chi connectivity index (χ2n) is 8.13. The summed E-state index contributed by atoms with van der Waals surface area (Å²) in [5.41, 5.74) is 0.982. The molecule has 3 aliphatic rings. The van der Waals surface area contributed by atoms with Gasteiger partial charge in [0.1, 0.15) is 0 Å². The lowest BCUT2D eigenvalue weighted by Crippen LogP contribution is -2.42. The number of ketones is 1. The number of esters is 1. The molecule has 0 aromatic carbocycles. The first-order valence-electron chi connectivity index (χ1n) is 8.91. The van der Waals surface area contributed by atoms with E-state index in [-0.39, 0.29) is 23.1 Å². The van der Waals surface area contributed by atoms with Gasteiger partial charge >= 0.3 is 5.97 Å². The van der Waals surface area contributed by atoms with E-state index in [4.69, 9.17) is 4.74 Å². The number of Topliss-reactive ketones (excluding diaryl/α,β-unsaturated/α-hetero) is 1. The number of carbonyl (C=O) groups excluding carboxylic acids is 2. The summed E-state index contributed by atoms with van der Waals surface area (Å²) in [6, 6.07) is 0. The molecule has 0 amide bonds. The van der Waals surface area contributed by atoms with E-state index in [1.54, 1.807) is 6.92 Å². The molecular formula is C20H28O3. The molecule has 0 N–H and O–H groups in total. The van der Waals surface area contributed by atoms with Gasteiger partial charge in [0.05, 0.1) is 0 Å². The van der Waals surface area contributed by atoms with Crippen molar-refractivity contribution < 1.29 is 14.3 Å². The highest BCUT2D eigenvalue weighted by molar-refractivity contribution is 5.95. The van der Waals surface area contributed by atoms with Gasteiger partial charge in [0.25, 0.3) is 0 Å². The zero-order valence-corrected chi connectivity index (χ0v) is 14.6. The van der Waals surface area contributed by atoms with Crippen LogP contribution >= 0.6 is 0 Å². The Balaban J connectivity index is 2.02. The lowest BCUT2D eigenvalue weighted by atomic mass is 9.58. The average molecular weight is 316 g/mol. The molecule has 0 aromatic rings. The maximum absolute atomic E-state index is 12.9. The highest BCUT2D eigenvalue weighted by Gasteiger charge is 2.46. The fourth-order valence-corrected chi connectivity index (χ4v) is 4.52. The minimum Gasteiger partial charge on any atom is -0.448 e. The van der Waals surface area contributed by atoms with E-state index < -0.39 is 5.60 Å². The zero-order chi connectivity index (χ0) is 16.8. The summed E-state index contributed by atoms with van der Waals surface area (Å²) in [6.07, 6.45) is 7.55. The summed E-state index contributed by atoms with van der Waals surface area (Å²) < 4.78 is 5.66. The van der Waals surface area contributed by atoms with E-state index in [0.717, 1.165) is 37.7 Å².